The molecule has 0 saturated carbocycles. The average Bonchev–Trinajstić information content (AvgIpc) is 3.59. The summed E-state index contributed by atoms with van der Waals surface area (Å²) >= 11 is 1.71. The Bertz CT molecular complexity index is 1420. The van der Waals surface area contributed by atoms with E-state index < -0.39 is 18.2 Å². The van der Waals surface area contributed by atoms with Crippen LogP contribution in [0.4, 0.5) is 17.6 Å². The van der Waals surface area contributed by atoms with Gasteiger partial charge in [0.25, 0.3) is 0 Å². The van der Waals surface area contributed by atoms with Gasteiger partial charge in [0.05, 0.1) is 24.2 Å². The minimum absolute atomic E-state index is 0.236. The summed E-state index contributed by atoms with van der Waals surface area (Å²) in [6.45, 7) is 0.557. The molecular weight excluding hydrogens is 538 g/mol. The Morgan fingerprint density at radius 3 is 2.21 bits per heavy atom. The highest BCUT2D eigenvalue weighted by Crippen LogP contribution is 2.32. The fourth-order valence-corrected chi connectivity index (χ4v) is 4.99. The Balaban J connectivity index is 0.000000567. The van der Waals surface area contributed by atoms with Gasteiger partial charge in [-0.25, -0.2) is 15.1 Å². The SMILES string of the molecule is CSc1ccc(-c2ccc(-c3nc4cc(OC5CO[C@@H]6C(O)CO[C@H]56)[nH]c4cc3F)cc2)cc1.NC(F)(F)F. The average molecular weight is 564 g/mol. The van der Waals surface area contributed by atoms with Crippen molar-refractivity contribution in [2.75, 3.05) is 19.5 Å². The van der Waals surface area contributed by atoms with E-state index in [2.05, 4.69) is 46.2 Å². The van der Waals surface area contributed by atoms with Gasteiger partial charge in [0, 0.05) is 22.6 Å². The maximum Gasteiger partial charge on any atom is 0.454 e. The normalized spacial score (nSPS) is 22.4. The minimum Gasteiger partial charge on any atom is -0.470 e. The molecule has 2 fully saturated rings. The third kappa shape index (κ3) is 6.36. The molecular formula is C27H25F4N3O4S. The van der Waals surface area contributed by atoms with E-state index in [-0.39, 0.29) is 30.6 Å². The molecule has 2 saturated heterocycles. The zero-order chi connectivity index (χ0) is 27.7. The fraction of sp³-hybridized carbons (Fsp3) is 0.296. The van der Waals surface area contributed by atoms with Gasteiger partial charge < -0.3 is 24.3 Å². The van der Waals surface area contributed by atoms with Crippen molar-refractivity contribution < 1.29 is 36.9 Å². The number of aromatic amines is 1. The van der Waals surface area contributed by atoms with Crippen LogP contribution in [0.15, 0.2) is 65.6 Å². The highest BCUT2D eigenvalue weighted by molar-refractivity contribution is 7.98. The highest BCUT2D eigenvalue weighted by atomic mass is 32.2. The molecule has 206 valence electrons. The molecule has 2 aliphatic rings. The number of rotatable bonds is 5. The van der Waals surface area contributed by atoms with E-state index in [4.69, 9.17) is 14.2 Å². The number of benzene rings is 2. The Morgan fingerprint density at radius 1 is 0.974 bits per heavy atom. The lowest BCUT2D eigenvalue weighted by molar-refractivity contribution is -0.122. The van der Waals surface area contributed by atoms with Crippen LogP contribution in [0.25, 0.3) is 33.4 Å². The number of nitrogens with two attached hydrogens (primary N) is 1. The number of thioether (sulfide) groups is 1. The van der Waals surface area contributed by atoms with E-state index in [9.17, 15) is 22.7 Å². The van der Waals surface area contributed by atoms with Crippen molar-refractivity contribution in [2.45, 2.75) is 35.6 Å². The Hall–Kier alpha value is -3.16. The van der Waals surface area contributed by atoms with Crippen LogP contribution < -0.4 is 10.5 Å². The molecule has 4 N–H and O–H groups in total. The van der Waals surface area contributed by atoms with Crippen molar-refractivity contribution in [3.63, 3.8) is 0 Å². The van der Waals surface area contributed by atoms with Gasteiger partial charge in [0.15, 0.2) is 17.8 Å². The van der Waals surface area contributed by atoms with Crippen LogP contribution in [0, 0.1) is 5.82 Å². The lowest BCUT2D eigenvalue weighted by Crippen LogP contribution is -2.34. The highest BCUT2D eigenvalue weighted by Gasteiger charge is 2.48. The first kappa shape index (κ1) is 27.4. The fourth-order valence-electron chi connectivity index (χ4n) is 4.58. The number of aromatic nitrogens is 2. The second-order valence-electron chi connectivity index (χ2n) is 9.05. The molecule has 0 amide bonds. The van der Waals surface area contributed by atoms with Gasteiger partial charge >= 0.3 is 6.30 Å². The first-order valence-electron chi connectivity index (χ1n) is 12.0. The lowest BCUT2D eigenvalue weighted by Gasteiger charge is -2.16. The molecule has 6 rings (SSSR count). The molecule has 7 nitrogen and oxygen atoms in total. The van der Waals surface area contributed by atoms with Gasteiger partial charge in [-0.15, -0.1) is 11.8 Å². The predicted molar refractivity (Wildman–Crippen MR) is 139 cm³/mol. The predicted octanol–water partition coefficient (Wildman–Crippen LogP) is 5.13. The Labute approximate surface area is 225 Å². The lowest BCUT2D eigenvalue weighted by atomic mass is 10.0. The number of fused-ring (bicyclic) bond motifs is 2. The smallest absolute Gasteiger partial charge is 0.454 e. The monoisotopic (exact) mass is 563 g/mol. The Kier molecular flexibility index (Phi) is 7.83. The van der Waals surface area contributed by atoms with Gasteiger partial charge in [-0.2, -0.15) is 13.2 Å². The molecule has 4 aromatic rings. The zero-order valence-electron chi connectivity index (χ0n) is 20.6. The largest absolute Gasteiger partial charge is 0.470 e. The topological polar surface area (TPSA) is 103 Å². The molecule has 2 unspecified atom stereocenters. The van der Waals surface area contributed by atoms with E-state index in [1.165, 1.54) is 11.0 Å². The van der Waals surface area contributed by atoms with Gasteiger partial charge in [0.1, 0.15) is 24.0 Å². The van der Waals surface area contributed by atoms with Crippen LogP contribution in [0.5, 0.6) is 5.88 Å². The van der Waals surface area contributed by atoms with Gasteiger partial charge in [-0.05, 0) is 29.5 Å². The van der Waals surface area contributed by atoms with Crippen molar-refractivity contribution >= 4 is 22.8 Å². The molecule has 0 radical (unpaired) electrons. The summed E-state index contributed by atoms with van der Waals surface area (Å²) in [5.74, 6) is 0.0480. The number of nitrogens with one attached hydrogen (secondary N) is 1. The molecule has 0 aliphatic carbocycles. The van der Waals surface area contributed by atoms with E-state index >= 15 is 0 Å². The van der Waals surface area contributed by atoms with Crippen LogP contribution >= 0.6 is 11.8 Å². The number of ether oxygens (including phenoxy) is 3. The third-order valence-corrected chi connectivity index (χ3v) is 7.12. The van der Waals surface area contributed by atoms with Crippen LogP contribution in [-0.4, -0.2) is 65.3 Å². The number of hydrogen-bond donors (Lipinski definition) is 3. The third-order valence-electron chi connectivity index (χ3n) is 6.37. The molecule has 4 heterocycles. The number of hydrogen-bond acceptors (Lipinski definition) is 7. The molecule has 0 spiro atoms. The summed E-state index contributed by atoms with van der Waals surface area (Å²) in [4.78, 5) is 8.84. The van der Waals surface area contributed by atoms with Crippen molar-refractivity contribution in [1.29, 1.82) is 0 Å². The van der Waals surface area contributed by atoms with Crippen molar-refractivity contribution in [2.24, 2.45) is 5.73 Å². The van der Waals surface area contributed by atoms with Crippen molar-refractivity contribution in [3.8, 4) is 28.3 Å². The quantitative estimate of drug-likeness (QED) is 0.176. The van der Waals surface area contributed by atoms with Crippen molar-refractivity contribution in [1.82, 2.24) is 9.97 Å². The molecule has 2 aliphatic heterocycles. The summed E-state index contributed by atoms with van der Waals surface area (Å²) in [5.41, 5.74) is 7.66. The van der Waals surface area contributed by atoms with E-state index in [0.717, 1.165) is 11.1 Å². The minimum atomic E-state index is -4.50. The maximum absolute atomic E-state index is 15.0. The summed E-state index contributed by atoms with van der Waals surface area (Å²) in [6, 6.07) is 19.3. The molecule has 0 bridgehead atoms. The number of pyridine rings is 1. The summed E-state index contributed by atoms with van der Waals surface area (Å²) in [5, 5.41) is 9.90. The summed E-state index contributed by atoms with van der Waals surface area (Å²) in [6.07, 6.45) is -4.13. The van der Waals surface area contributed by atoms with Crippen LogP contribution in [0.1, 0.15) is 0 Å². The van der Waals surface area contributed by atoms with E-state index in [0.29, 0.717) is 29.1 Å². The number of aliphatic hydroxyl groups is 1. The second-order valence-corrected chi connectivity index (χ2v) is 9.93. The van der Waals surface area contributed by atoms with Crippen LogP contribution in [0.2, 0.25) is 0 Å². The first-order chi connectivity index (χ1) is 18.6. The number of nitrogens with zero attached hydrogens (tertiary/aromatic N) is 1. The number of halogens is 4. The molecule has 39 heavy (non-hydrogen) atoms. The zero-order valence-corrected chi connectivity index (χ0v) is 21.4. The number of aliphatic hydroxyl groups excluding tert-OH is 1. The standard InChI is InChI=1S/C26H23FN2O4S.CH2F3N/c1-34-17-8-6-15(7-9-17)14-2-4-16(5-3-14)24-18(27)10-19-20(29-24)11-23(28-19)33-22-13-32-25-21(30)12-31-26(22)25;2-1(3,4)5/h2-11,21-22,25-26,28,30H,12-13H2,1H3;5H2/t21?,22?,25-,26-;/m1./s1. The summed E-state index contributed by atoms with van der Waals surface area (Å²) < 4.78 is 62.6. The van der Waals surface area contributed by atoms with Crippen molar-refractivity contribution in [3.05, 3.63) is 66.5 Å². The first-order valence-corrected chi connectivity index (χ1v) is 13.2. The van der Waals surface area contributed by atoms with Gasteiger partial charge in [-0.1, -0.05) is 36.4 Å². The second kappa shape index (κ2) is 11.1. The molecule has 2 aromatic carbocycles. The molecule has 2 aromatic heterocycles. The van der Waals surface area contributed by atoms with Crippen LogP contribution in [0.3, 0.4) is 0 Å². The maximum atomic E-state index is 15.0. The van der Waals surface area contributed by atoms with E-state index in [1.807, 2.05) is 24.3 Å². The molecule has 12 heteroatoms. The van der Waals surface area contributed by atoms with Gasteiger partial charge in [-0.3, -0.25) is 0 Å². The number of H-pyrrole nitrogens is 1. The van der Waals surface area contributed by atoms with E-state index in [1.54, 1.807) is 17.8 Å². The molecule has 4 atom stereocenters. The van der Waals surface area contributed by atoms with Crippen LogP contribution in [-0.2, 0) is 9.47 Å². The summed E-state index contributed by atoms with van der Waals surface area (Å²) in [7, 11) is 0. The number of alkyl halides is 3. The Morgan fingerprint density at radius 2 is 1.56 bits per heavy atom. The van der Waals surface area contributed by atoms with Gasteiger partial charge in [0.2, 0.25) is 0 Å².